The maximum atomic E-state index is 13.0. The molecule has 3 aromatic heterocycles. The summed E-state index contributed by atoms with van der Waals surface area (Å²) < 4.78 is 41.6. The fraction of sp³-hybridized carbons (Fsp3) is 0.545. The minimum absolute atomic E-state index is 0.123. The van der Waals surface area contributed by atoms with Gasteiger partial charge in [-0.3, -0.25) is 0 Å². The summed E-state index contributed by atoms with van der Waals surface area (Å²) in [6.07, 6.45) is 1.77. The molecule has 3 aromatic rings. The highest BCUT2D eigenvalue weighted by Crippen LogP contribution is 2.42. The van der Waals surface area contributed by atoms with Crippen LogP contribution in [0.25, 0.3) is 0 Å². The maximum Gasteiger partial charge on any atom is 0.256 e. The van der Waals surface area contributed by atoms with Crippen molar-refractivity contribution in [3.05, 3.63) is 29.0 Å². The molecule has 0 amide bonds. The van der Waals surface area contributed by atoms with Crippen molar-refractivity contribution in [1.29, 1.82) is 0 Å². The van der Waals surface area contributed by atoms with Crippen LogP contribution in [0.15, 0.2) is 26.3 Å². The fourth-order valence-electron chi connectivity index (χ4n) is 3.13. The lowest BCUT2D eigenvalue weighted by molar-refractivity contribution is 0.291. The molecule has 0 bridgehead atoms. The molecule has 0 fully saturated rings. The van der Waals surface area contributed by atoms with Crippen molar-refractivity contribution in [1.82, 2.24) is 13.1 Å². The van der Waals surface area contributed by atoms with Crippen LogP contribution in [0.4, 0.5) is 17.3 Å². The van der Waals surface area contributed by atoms with Gasteiger partial charge in [-0.2, -0.15) is 13.1 Å². The SMILES string of the molecule is CC(C)c1coc([C@H](Nc2nsnc2Nc2csc(S(=O)(=O)N(C)C(C)(C)C)c2O)C(C)C)c1. The van der Waals surface area contributed by atoms with Gasteiger partial charge >= 0.3 is 0 Å². The average Bonchev–Trinajstić information content (AvgIpc) is 3.46. The summed E-state index contributed by atoms with van der Waals surface area (Å²) in [5, 5.41) is 18.7. The number of hydrogen-bond donors (Lipinski definition) is 3. The molecule has 34 heavy (non-hydrogen) atoms. The second-order valence-electron chi connectivity index (χ2n) is 9.82. The van der Waals surface area contributed by atoms with Crippen LogP contribution in [-0.2, 0) is 10.0 Å². The zero-order valence-electron chi connectivity index (χ0n) is 20.7. The first-order chi connectivity index (χ1) is 15.7. The smallest absolute Gasteiger partial charge is 0.256 e. The van der Waals surface area contributed by atoms with Gasteiger partial charge in [-0.15, -0.1) is 11.3 Å². The predicted molar refractivity (Wildman–Crippen MR) is 138 cm³/mol. The van der Waals surface area contributed by atoms with Gasteiger partial charge in [0.25, 0.3) is 10.0 Å². The summed E-state index contributed by atoms with van der Waals surface area (Å²) in [6.45, 7) is 13.8. The monoisotopic (exact) mass is 527 g/mol. The van der Waals surface area contributed by atoms with Crippen LogP contribution in [0.3, 0.4) is 0 Å². The van der Waals surface area contributed by atoms with E-state index >= 15 is 0 Å². The molecule has 0 saturated heterocycles. The number of nitrogens with one attached hydrogen (secondary N) is 2. The van der Waals surface area contributed by atoms with E-state index in [1.54, 1.807) is 32.4 Å². The van der Waals surface area contributed by atoms with Crippen molar-refractivity contribution in [2.45, 2.75) is 70.2 Å². The van der Waals surface area contributed by atoms with Crippen LogP contribution in [0.1, 0.15) is 71.7 Å². The van der Waals surface area contributed by atoms with Gasteiger partial charge < -0.3 is 20.2 Å². The molecule has 12 heteroatoms. The van der Waals surface area contributed by atoms with Gasteiger partial charge in [0, 0.05) is 18.0 Å². The van der Waals surface area contributed by atoms with Gasteiger partial charge in [0.05, 0.1) is 29.7 Å². The van der Waals surface area contributed by atoms with Crippen LogP contribution < -0.4 is 10.6 Å². The topological polar surface area (TPSA) is 121 Å². The van der Waals surface area contributed by atoms with Gasteiger partial charge in [-0.25, -0.2) is 8.42 Å². The number of sulfonamides is 1. The number of thiophene rings is 1. The molecule has 0 unspecified atom stereocenters. The molecule has 0 radical (unpaired) electrons. The molecule has 9 nitrogen and oxygen atoms in total. The van der Waals surface area contributed by atoms with E-state index in [1.165, 1.54) is 11.4 Å². The summed E-state index contributed by atoms with van der Waals surface area (Å²) in [5.74, 6) is 1.90. The Bertz CT molecular complexity index is 1220. The molecule has 0 aromatic carbocycles. The average molecular weight is 528 g/mol. The fourth-order valence-corrected chi connectivity index (χ4v) is 6.51. The van der Waals surface area contributed by atoms with Gasteiger partial charge in [-0.1, -0.05) is 27.7 Å². The summed E-state index contributed by atoms with van der Waals surface area (Å²) in [4.78, 5) is 0. The highest BCUT2D eigenvalue weighted by molar-refractivity contribution is 7.91. The van der Waals surface area contributed by atoms with Crippen LogP contribution >= 0.6 is 23.1 Å². The number of furan rings is 1. The normalized spacial score (nSPS) is 13.7. The molecule has 1 atom stereocenters. The minimum atomic E-state index is -3.87. The number of aromatic nitrogens is 2. The molecule has 188 valence electrons. The van der Waals surface area contributed by atoms with E-state index < -0.39 is 15.6 Å². The molecular formula is C22H33N5O4S3. The zero-order valence-corrected chi connectivity index (χ0v) is 23.2. The summed E-state index contributed by atoms with van der Waals surface area (Å²) in [5.41, 5.74) is 0.739. The van der Waals surface area contributed by atoms with E-state index in [0.717, 1.165) is 34.4 Å². The molecule has 0 spiro atoms. The Labute approximate surface area is 209 Å². The Kier molecular flexibility index (Phi) is 7.66. The number of anilines is 3. The molecular weight excluding hydrogens is 494 g/mol. The minimum Gasteiger partial charge on any atom is -0.504 e. The Balaban J connectivity index is 1.85. The molecule has 0 aliphatic rings. The predicted octanol–water partition coefficient (Wildman–Crippen LogP) is 5.99. The molecule has 0 aliphatic heterocycles. The Morgan fingerprint density at radius 2 is 1.79 bits per heavy atom. The van der Waals surface area contributed by atoms with Gasteiger partial charge in [0.15, 0.2) is 21.6 Å². The highest BCUT2D eigenvalue weighted by atomic mass is 32.2. The summed E-state index contributed by atoms with van der Waals surface area (Å²) in [7, 11) is -2.37. The van der Waals surface area contributed by atoms with Crippen LogP contribution in [0.5, 0.6) is 5.75 Å². The molecule has 0 aliphatic carbocycles. The van der Waals surface area contributed by atoms with Crippen molar-refractivity contribution in [3.63, 3.8) is 0 Å². The number of hydrogen-bond acceptors (Lipinski definition) is 10. The third-order valence-corrected chi connectivity index (χ3v) is 9.73. The standard InChI is InChI=1S/C22H33N5O4S3/c1-12(2)14-9-16(31-10-14)17(13(3)4)24-20-19(25-33-26-20)23-15-11-32-21(18(15)28)34(29,30)27(8)22(5,6)7/h9-13,17,28H,1-8H3,(H,23,25)(H,24,26)/t17-/m1/s1. The maximum absolute atomic E-state index is 13.0. The van der Waals surface area contributed by atoms with E-state index in [9.17, 15) is 13.5 Å². The molecule has 0 saturated carbocycles. The van der Waals surface area contributed by atoms with E-state index in [4.69, 9.17) is 4.42 Å². The first-order valence-corrected chi connectivity index (χ1v) is 14.0. The van der Waals surface area contributed by atoms with Crippen molar-refractivity contribution < 1.29 is 17.9 Å². The van der Waals surface area contributed by atoms with Crippen molar-refractivity contribution in [2.75, 3.05) is 17.7 Å². The van der Waals surface area contributed by atoms with E-state index in [0.29, 0.717) is 17.6 Å². The third-order valence-electron chi connectivity index (χ3n) is 5.59. The Morgan fingerprint density at radius 3 is 2.35 bits per heavy atom. The van der Waals surface area contributed by atoms with Crippen LogP contribution in [-0.4, -0.2) is 39.2 Å². The van der Waals surface area contributed by atoms with Crippen molar-refractivity contribution in [3.8, 4) is 5.75 Å². The van der Waals surface area contributed by atoms with E-state index in [-0.39, 0.29) is 27.6 Å². The molecule has 3 rings (SSSR count). The number of nitrogens with zero attached hydrogens (tertiary/aromatic N) is 3. The van der Waals surface area contributed by atoms with E-state index in [1.807, 2.05) is 6.07 Å². The van der Waals surface area contributed by atoms with E-state index in [2.05, 4.69) is 47.1 Å². The second kappa shape index (κ2) is 9.84. The lowest BCUT2D eigenvalue weighted by Crippen LogP contribution is -2.42. The third kappa shape index (κ3) is 5.40. The highest BCUT2D eigenvalue weighted by Gasteiger charge is 2.34. The van der Waals surface area contributed by atoms with Gasteiger partial charge in [-0.05, 0) is 44.2 Å². The second-order valence-corrected chi connectivity index (χ2v) is 13.4. The lowest BCUT2D eigenvalue weighted by Gasteiger charge is -2.30. The van der Waals surface area contributed by atoms with Crippen LogP contribution in [0.2, 0.25) is 0 Å². The lowest BCUT2D eigenvalue weighted by atomic mass is 9.99. The quantitative estimate of drug-likeness (QED) is 0.310. The summed E-state index contributed by atoms with van der Waals surface area (Å²) >= 11 is 1.96. The first-order valence-electron chi connectivity index (χ1n) is 11.0. The first kappa shape index (κ1) is 26.5. The zero-order chi connectivity index (χ0) is 25.4. The largest absolute Gasteiger partial charge is 0.504 e. The Hall–Kier alpha value is -2.15. The number of aromatic hydroxyl groups is 1. The molecule has 3 heterocycles. The van der Waals surface area contributed by atoms with Crippen molar-refractivity contribution >= 4 is 50.4 Å². The van der Waals surface area contributed by atoms with Gasteiger partial charge in [0.2, 0.25) is 0 Å². The van der Waals surface area contributed by atoms with Crippen LogP contribution in [0, 0.1) is 5.92 Å². The Morgan fingerprint density at radius 1 is 1.15 bits per heavy atom. The van der Waals surface area contributed by atoms with Gasteiger partial charge in [0.1, 0.15) is 5.76 Å². The van der Waals surface area contributed by atoms with Crippen molar-refractivity contribution in [2.24, 2.45) is 5.92 Å². The summed E-state index contributed by atoms with van der Waals surface area (Å²) in [6, 6.07) is 1.90. The molecule has 3 N–H and O–H groups in total. The number of rotatable bonds is 9.